The summed E-state index contributed by atoms with van der Waals surface area (Å²) in [6.45, 7) is 3.44. The van der Waals surface area contributed by atoms with E-state index >= 15 is 0 Å². The van der Waals surface area contributed by atoms with Gasteiger partial charge in [0, 0.05) is 37.2 Å². The molecule has 0 atom stereocenters. The van der Waals surface area contributed by atoms with Crippen molar-refractivity contribution < 1.29 is 14.6 Å². The van der Waals surface area contributed by atoms with Gasteiger partial charge in [-0.25, -0.2) is 0 Å². The summed E-state index contributed by atoms with van der Waals surface area (Å²) >= 11 is 0. The number of phenolic OH excluding ortho intramolecular Hbond substituents is 1. The minimum Gasteiger partial charge on any atom is -0.502 e. The Morgan fingerprint density at radius 3 is 2.47 bits per heavy atom. The zero-order valence-electron chi connectivity index (χ0n) is 18.0. The van der Waals surface area contributed by atoms with Crippen LogP contribution in [0, 0.1) is 0 Å². The Labute approximate surface area is 177 Å². The number of aryl methyl sites for hydroxylation is 1. The van der Waals surface area contributed by atoms with Crippen molar-refractivity contribution in [3.8, 4) is 17.2 Å². The lowest BCUT2D eigenvalue weighted by Gasteiger charge is -2.14. The van der Waals surface area contributed by atoms with Gasteiger partial charge in [-0.05, 0) is 41.7 Å². The standard InChI is InChI=1S/C23H30N4O3/c1-5-16-7-6-8-18-17(14-26-21(16)18)9-10-25-23(24-2)27-13-15-11-19(29-3)22(28)20(12-15)30-4/h6-8,11-12,14,26,28H,5,9-10,13H2,1-4H3,(H2,24,25,27). The van der Waals surface area contributed by atoms with E-state index in [-0.39, 0.29) is 5.75 Å². The molecular formula is C23H30N4O3. The van der Waals surface area contributed by atoms with Crippen molar-refractivity contribution in [1.29, 1.82) is 0 Å². The fourth-order valence-corrected chi connectivity index (χ4v) is 3.55. The summed E-state index contributed by atoms with van der Waals surface area (Å²) in [4.78, 5) is 7.70. The molecule has 4 N–H and O–H groups in total. The number of para-hydroxylation sites is 1. The molecule has 0 unspecified atom stereocenters. The van der Waals surface area contributed by atoms with E-state index in [1.165, 1.54) is 36.2 Å². The summed E-state index contributed by atoms with van der Waals surface area (Å²) in [6.07, 6.45) is 3.99. The van der Waals surface area contributed by atoms with E-state index in [1.807, 2.05) is 0 Å². The maximum absolute atomic E-state index is 10.0. The zero-order chi connectivity index (χ0) is 21.5. The van der Waals surface area contributed by atoms with Crippen molar-refractivity contribution in [3.63, 3.8) is 0 Å². The third-order valence-corrected chi connectivity index (χ3v) is 5.18. The second kappa shape index (κ2) is 9.91. The normalized spacial score (nSPS) is 11.5. The lowest BCUT2D eigenvalue weighted by atomic mass is 10.1. The number of hydrogen-bond donors (Lipinski definition) is 4. The molecule has 0 radical (unpaired) electrons. The molecule has 0 saturated heterocycles. The molecule has 0 bridgehead atoms. The predicted molar refractivity (Wildman–Crippen MR) is 121 cm³/mol. The van der Waals surface area contributed by atoms with E-state index < -0.39 is 0 Å². The van der Waals surface area contributed by atoms with Gasteiger partial charge in [-0.15, -0.1) is 0 Å². The summed E-state index contributed by atoms with van der Waals surface area (Å²) in [5, 5.41) is 18.0. The number of H-pyrrole nitrogens is 1. The van der Waals surface area contributed by atoms with Gasteiger partial charge in [0.15, 0.2) is 17.5 Å². The first-order valence-corrected chi connectivity index (χ1v) is 10.1. The summed E-state index contributed by atoms with van der Waals surface area (Å²) in [6, 6.07) is 10.00. The van der Waals surface area contributed by atoms with Gasteiger partial charge in [0.25, 0.3) is 0 Å². The predicted octanol–water partition coefficient (Wildman–Crippen LogP) is 3.36. The Balaban J connectivity index is 1.58. The molecule has 2 aromatic carbocycles. The van der Waals surface area contributed by atoms with Gasteiger partial charge >= 0.3 is 0 Å². The van der Waals surface area contributed by atoms with Gasteiger partial charge < -0.3 is 30.2 Å². The van der Waals surface area contributed by atoms with Crippen LogP contribution in [0.1, 0.15) is 23.6 Å². The molecule has 3 rings (SSSR count). The molecular weight excluding hydrogens is 380 g/mol. The maximum Gasteiger partial charge on any atom is 0.200 e. The molecule has 0 amide bonds. The van der Waals surface area contributed by atoms with Crippen LogP contribution in [0.3, 0.4) is 0 Å². The Hall–Kier alpha value is -3.35. The molecule has 3 aromatic rings. The Morgan fingerprint density at radius 2 is 1.83 bits per heavy atom. The van der Waals surface area contributed by atoms with Gasteiger partial charge in [0.2, 0.25) is 5.75 Å². The third kappa shape index (κ3) is 4.62. The molecule has 0 saturated carbocycles. The van der Waals surface area contributed by atoms with Crippen LogP contribution in [0.15, 0.2) is 41.5 Å². The highest BCUT2D eigenvalue weighted by Crippen LogP contribution is 2.37. The number of guanidine groups is 1. The zero-order valence-corrected chi connectivity index (χ0v) is 18.0. The number of fused-ring (bicyclic) bond motifs is 1. The molecule has 1 heterocycles. The van der Waals surface area contributed by atoms with Gasteiger partial charge in [-0.3, -0.25) is 4.99 Å². The first-order chi connectivity index (χ1) is 14.6. The van der Waals surface area contributed by atoms with Crippen LogP contribution in [-0.2, 0) is 19.4 Å². The van der Waals surface area contributed by atoms with Crippen LogP contribution in [0.5, 0.6) is 17.2 Å². The molecule has 1 aromatic heterocycles. The Bertz CT molecular complexity index is 1000. The highest BCUT2D eigenvalue weighted by Gasteiger charge is 2.12. The maximum atomic E-state index is 10.0. The van der Waals surface area contributed by atoms with E-state index in [2.05, 4.69) is 51.9 Å². The van der Waals surface area contributed by atoms with E-state index in [4.69, 9.17) is 9.47 Å². The second-order valence-corrected chi connectivity index (χ2v) is 6.96. The quantitative estimate of drug-likeness (QED) is 0.338. The summed E-state index contributed by atoms with van der Waals surface area (Å²) in [5.74, 6) is 1.45. The number of phenols is 1. The number of methoxy groups -OCH3 is 2. The number of aromatic amines is 1. The van der Waals surface area contributed by atoms with Crippen LogP contribution >= 0.6 is 0 Å². The highest BCUT2D eigenvalue weighted by molar-refractivity contribution is 5.86. The number of rotatable bonds is 8. The average Bonchev–Trinajstić information content (AvgIpc) is 3.19. The largest absolute Gasteiger partial charge is 0.502 e. The van der Waals surface area contributed by atoms with Gasteiger partial charge in [0.1, 0.15) is 0 Å². The first kappa shape index (κ1) is 21.4. The van der Waals surface area contributed by atoms with E-state index in [0.29, 0.717) is 24.0 Å². The molecule has 7 nitrogen and oxygen atoms in total. The first-order valence-electron chi connectivity index (χ1n) is 10.1. The molecule has 0 spiro atoms. The van der Waals surface area contributed by atoms with Crippen molar-refractivity contribution >= 4 is 16.9 Å². The smallest absolute Gasteiger partial charge is 0.200 e. The number of ether oxygens (including phenoxy) is 2. The Morgan fingerprint density at radius 1 is 1.10 bits per heavy atom. The fraction of sp³-hybridized carbons (Fsp3) is 0.348. The van der Waals surface area contributed by atoms with Crippen LogP contribution < -0.4 is 20.1 Å². The number of nitrogens with zero attached hydrogens (tertiary/aromatic N) is 1. The van der Waals surface area contributed by atoms with Gasteiger partial charge in [-0.1, -0.05) is 25.1 Å². The minimum atomic E-state index is -0.00350. The van der Waals surface area contributed by atoms with Crippen molar-refractivity contribution in [3.05, 3.63) is 53.2 Å². The highest BCUT2D eigenvalue weighted by atomic mass is 16.5. The van der Waals surface area contributed by atoms with Crippen LogP contribution in [-0.4, -0.2) is 43.9 Å². The van der Waals surface area contributed by atoms with E-state index in [1.54, 1.807) is 19.2 Å². The number of hydrogen-bond acceptors (Lipinski definition) is 4. The number of aromatic nitrogens is 1. The Kier molecular flexibility index (Phi) is 7.06. The molecule has 0 aliphatic heterocycles. The fourth-order valence-electron chi connectivity index (χ4n) is 3.55. The van der Waals surface area contributed by atoms with Crippen LogP contribution in [0.4, 0.5) is 0 Å². The average molecular weight is 411 g/mol. The SMILES string of the molecule is CCc1cccc2c(CCNC(=NC)NCc3cc(OC)c(O)c(OC)c3)c[nH]c12. The monoisotopic (exact) mass is 410 g/mol. The summed E-state index contributed by atoms with van der Waals surface area (Å²) in [5.41, 5.74) is 4.76. The molecule has 7 heteroatoms. The minimum absolute atomic E-state index is 0.00350. The molecule has 0 aliphatic carbocycles. The lowest BCUT2D eigenvalue weighted by Crippen LogP contribution is -2.37. The topological polar surface area (TPSA) is 90.9 Å². The number of nitrogens with one attached hydrogen (secondary N) is 3. The molecule has 0 aliphatic rings. The summed E-state index contributed by atoms with van der Waals surface area (Å²) < 4.78 is 10.4. The van der Waals surface area contributed by atoms with E-state index in [9.17, 15) is 5.11 Å². The number of aliphatic imine (C=N–C) groups is 1. The van der Waals surface area contributed by atoms with Crippen molar-refractivity contribution in [2.24, 2.45) is 4.99 Å². The lowest BCUT2D eigenvalue weighted by molar-refractivity contribution is 0.339. The molecule has 0 fully saturated rings. The van der Waals surface area contributed by atoms with Crippen LogP contribution in [0.25, 0.3) is 10.9 Å². The van der Waals surface area contributed by atoms with E-state index in [0.717, 1.165) is 24.9 Å². The number of benzene rings is 2. The van der Waals surface area contributed by atoms with Crippen molar-refractivity contribution in [1.82, 2.24) is 15.6 Å². The molecule has 160 valence electrons. The summed E-state index contributed by atoms with van der Waals surface area (Å²) in [7, 11) is 4.77. The third-order valence-electron chi connectivity index (χ3n) is 5.18. The van der Waals surface area contributed by atoms with Crippen LogP contribution in [0.2, 0.25) is 0 Å². The van der Waals surface area contributed by atoms with Gasteiger partial charge in [0.05, 0.1) is 14.2 Å². The molecule has 30 heavy (non-hydrogen) atoms. The second-order valence-electron chi connectivity index (χ2n) is 6.96. The number of aromatic hydroxyl groups is 1. The van der Waals surface area contributed by atoms with Crippen molar-refractivity contribution in [2.75, 3.05) is 27.8 Å². The van der Waals surface area contributed by atoms with Gasteiger partial charge in [-0.2, -0.15) is 0 Å². The van der Waals surface area contributed by atoms with Crippen molar-refractivity contribution in [2.45, 2.75) is 26.3 Å².